The average molecular weight is 293 g/mol. The van der Waals surface area contributed by atoms with E-state index >= 15 is 0 Å². The van der Waals surface area contributed by atoms with Gasteiger partial charge >= 0.3 is 11.9 Å². The maximum absolute atomic E-state index is 11.7. The van der Waals surface area contributed by atoms with Crippen LogP contribution in [-0.2, 0) is 9.53 Å². The van der Waals surface area contributed by atoms with Crippen LogP contribution in [-0.4, -0.2) is 46.2 Å². The molecule has 114 valence electrons. The third kappa shape index (κ3) is 3.29. The lowest BCUT2D eigenvalue weighted by Crippen LogP contribution is -2.45. The molecule has 0 aliphatic carbocycles. The predicted molar refractivity (Wildman–Crippen MR) is 75.3 cm³/mol. The molecule has 7 nitrogen and oxygen atoms in total. The lowest BCUT2D eigenvalue weighted by molar-refractivity contribution is -0.139. The topological polar surface area (TPSA) is 92.6 Å². The third-order valence-corrected chi connectivity index (χ3v) is 3.51. The molecule has 2 rings (SSSR count). The summed E-state index contributed by atoms with van der Waals surface area (Å²) in [5.74, 6) is -0.979. The molecular formula is C14H19N3O4. The number of esters is 1. The minimum absolute atomic E-state index is 0.285. The van der Waals surface area contributed by atoms with Gasteiger partial charge in [0.15, 0.2) is 0 Å². The first-order valence-electron chi connectivity index (χ1n) is 7.04. The van der Waals surface area contributed by atoms with Crippen LogP contribution in [0.3, 0.4) is 0 Å². The number of aromatic nitrogens is 2. The number of piperidine rings is 1. The number of aliphatic carboxylic acids is 1. The summed E-state index contributed by atoms with van der Waals surface area (Å²) in [7, 11) is 0. The maximum atomic E-state index is 11.7. The molecule has 2 heterocycles. The van der Waals surface area contributed by atoms with E-state index in [1.807, 2.05) is 0 Å². The second-order valence-electron chi connectivity index (χ2n) is 4.93. The summed E-state index contributed by atoms with van der Waals surface area (Å²) >= 11 is 0. The van der Waals surface area contributed by atoms with E-state index < -0.39 is 18.0 Å². The Bertz CT molecular complexity index is 547. The highest BCUT2D eigenvalue weighted by Crippen LogP contribution is 2.22. The SMILES string of the molecule is CCOC(=O)c1cnc(N2CCCCC2C(=O)O)nc1C. The number of hydrogen-bond donors (Lipinski definition) is 1. The van der Waals surface area contributed by atoms with E-state index in [0.717, 1.165) is 12.8 Å². The van der Waals surface area contributed by atoms with Gasteiger partial charge in [-0.1, -0.05) is 0 Å². The molecule has 1 aliphatic rings. The number of anilines is 1. The van der Waals surface area contributed by atoms with Crippen LogP contribution in [0, 0.1) is 6.92 Å². The van der Waals surface area contributed by atoms with Crippen molar-refractivity contribution in [2.24, 2.45) is 0 Å². The summed E-state index contributed by atoms with van der Waals surface area (Å²) in [5, 5.41) is 9.28. The van der Waals surface area contributed by atoms with Gasteiger partial charge in [0.2, 0.25) is 5.95 Å². The highest BCUT2D eigenvalue weighted by Gasteiger charge is 2.30. The lowest BCUT2D eigenvalue weighted by atomic mass is 10.0. The molecule has 1 atom stereocenters. The van der Waals surface area contributed by atoms with E-state index in [1.54, 1.807) is 18.7 Å². The van der Waals surface area contributed by atoms with E-state index in [-0.39, 0.29) is 6.61 Å². The van der Waals surface area contributed by atoms with Gasteiger partial charge in [0.25, 0.3) is 0 Å². The van der Waals surface area contributed by atoms with Gasteiger partial charge in [-0.25, -0.2) is 19.6 Å². The maximum Gasteiger partial charge on any atom is 0.341 e. The smallest absolute Gasteiger partial charge is 0.341 e. The second-order valence-corrected chi connectivity index (χ2v) is 4.93. The molecule has 0 bridgehead atoms. The monoisotopic (exact) mass is 293 g/mol. The Kier molecular flexibility index (Phi) is 4.72. The molecule has 1 aromatic heterocycles. The third-order valence-electron chi connectivity index (χ3n) is 3.51. The number of carboxylic acids is 1. The molecule has 1 aromatic rings. The van der Waals surface area contributed by atoms with Gasteiger partial charge in [0.1, 0.15) is 6.04 Å². The Hall–Kier alpha value is -2.18. The molecule has 0 radical (unpaired) electrons. The van der Waals surface area contributed by atoms with E-state index in [4.69, 9.17) is 4.74 Å². The Morgan fingerprint density at radius 3 is 2.86 bits per heavy atom. The summed E-state index contributed by atoms with van der Waals surface area (Å²) in [6, 6.07) is -0.605. The standard InChI is InChI=1S/C14H19N3O4/c1-3-21-13(20)10-8-15-14(16-9(10)2)17-7-5-4-6-11(17)12(18)19/h8,11H,3-7H2,1-2H3,(H,18,19). The van der Waals surface area contributed by atoms with E-state index in [2.05, 4.69) is 9.97 Å². The first-order chi connectivity index (χ1) is 10.0. The summed E-state index contributed by atoms with van der Waals surface area (Å²) < 4.78 is 4.93. The van der Waals surface area contributed by atoms with Crippen molar-refractivity contribution < 1.29 is 19.4 Å². The largest absolute Gasteiger partial charge is 0.480 e. The fourth-order valence-electron chi connectivity index (χ4n) is 2.43. The minimum atomic E-state index is -0.870. The number of aryl methyl sites for hydroxylation is 1. The summed E-state index contributed by atoms with van der Waals surface area (Å²) in [4.78, 5) is 33.1. The van der Waals surface area contributed by atoms with Crippen molar-refractivity contribution in [3.05, 3.63) is 17.5 Å². The van der Waals surface area contributed by atoms with Gasteiger partial charge in [0, 0.05) is 12.7 Å². The fourth-order valence-corrected chi connectivity index (χ4v) is 2.43. The zero-order valence-electron chi connectivity index (χ0n) is 12.2. The number of nitrogens with zero attached hydrogens (tertiary/aromatic N) is 3. The highest BCUT2D eigenvalue weighted by atomic mass is 16.5. The zero-order valence-corrected chi connectivity index (χ0v) is 12.2. The van der Waals surface area contributed by atoms with Crippen LogP contribution < -0.4 is 4.90 Å². The zero-order chi connectivity index (χ0) is 15.4. The Labute approximate surface area is 123 Å². The number of carbonyl (C=O) groups excluding carboxylic acids is 1. The molecule has 0 saturated carbocycles. The van der Waals surface area contributed by atoms with Crippen LogP contribution in [0.2, 0.25) is 0 Å². The summed E-state index contributed by atoms with van der Waals surface area (Å²) in [5.41, 5.74) is 0.803. The van der Waals surface area contributed by atoms with Crippen molar-refractivity contribution >= 4 is 17.9 Å². The van der Waals surface area contributed by atoms with Gasteiger partial charge < -0.3 is 14.7 Å². The molecule has 21 heavy (non-hydrogen) atoms. The van der Waals surface area contributed by atoms with Gasteiger partial charge in [-0.05, 0) is 33.1 Å². The van der Waals surface area contributed by atoms with Crippen molar-refractivity contribution in [1.82, 2.24) is 9.97 Å². The highest BCUT2D eigenvalue weighted by molar-refractivity contribution is 5.90. The van der Waals surface area contributed by atoms with Crippen molar-refractivity contribution in [3.8, 4) is 0 Å². The second kappa shape index (κ2) is 6.51. The number of rotatable bonds is 4. The Morgan fingerprint density at radius 1 is 1.48 bits per heavy atom. The number of carboxylic acid groups (broad SMARTS) is 1. The molecule has 0 amide bonds. The number of hydrogen-bond acceptors (Lipinski definition) is 6. The summed E-state index contributed by atoms with van der Waals surface area (Å²) in [6.07, 6.45) is 3.78. The minimum Gasteiger partial charge on any atom is -0.480 e. The van der Waals surface area contributed by atoms with E-state index in [1.165, 1.54) is 6.20 Å². The van der Waals surface area contributed by atoms with Crippen LogP contribution in [0.25, 0.3) is 0 Å². The molecule has 0 aromatic carbocycles. The summed E-state index contributed by atoms with van der Waals surface area (Å²) in [6.45, 7) is 4.31. The average Bonchev–Trinajstić information content (AvgIpc) is 2.47. The Morgan fingerprint density at radius 2 is 2.24 bits per heavy atom. The number of ether oxygens (including phenoxy) is 1. The number of carbonyl (C=O) groups is 2. The predicted octanol–water partition coefficient (Wildman–Crippen LogP) is 1.41. The molecular weight excluding hydrogens is 274 g/mol. The van der Waals surface area contributed by atoms with Crippen LogP contribution in [0.15, 0.2) is 6.20 Å². The van der Waals surface area contributed by atoms with Gasteiger partial charge in [-0.2, -0.15) is 0 Å². The van der Waals surface area contributed by atoms with Crippen LogP contribution in [0.1, 0.15) is 42.2 Å². The normalized spacial score (nSPS) is 18.4. The molecule has 1 N–H and O–H groups in total. The molecule has 1 saturated heterocycles. The van der Waals surface area contributed by atoms with Crippen LogP contribution in [0.4, 0.5) is 5.95 Å². The van der Waals surface area contributed by atoms with Crippen molar-refractivity contribution in [2.45, 2.75) is 39.2 Å². The van der Waals surface area contributed by atoms with Crippen LogP contribution in [0.5, 0.6) is 0 Å². The van der Waals surface area contributed by atoms with E-state index in [9.17, 15) is 14.7 Å². The molecule has 0 spiro atoms. The van der Waals surface area contributed by atoms with Gasteiger partial charge in [-0.3, -0.25) is 0 Å². The molecule has 7 heteroatoms. The van der Waals surface area contributed by atoms with Crippen LogP contribution >= 0.6 is 0 Å². The lowest BCUT2D eigenvalue weighted by Gasteiger charge is -2.33. The first-order valence-corrected chi connectivity index (χ1v) is 7.04. The van der Waals surface area contributed by atoms with Crippen molar-refractivity contribution in [2.75, 3.05) is 18.1 Å². The molecule has 1 unspecified atom stereocenters. The quantitative estimate of drug-likeness (QED) is 0.839. The fraction of sp³-hybridized carbons (Fsp3) is 0.571. The molecule has 1 aliphatic heterocycles. The van der Waals surface area contributed by atoms with Crippen molar-refractivity contribution in [1.29, 1.82) is 0 Å². The van der Waals surface area contributed by atoms with Gasteiger partial charge in [-0.15, -0.1) is 0 Å². The van der Waals surface area contributed by atoms with Gasteiger partial charge in [0.05, 0.1) is 17.9 Å². The Balaban J connectivity index is 2.26. The van der Waals surface area contributed by atoms with E-state index in [0.29, 0.717) is 30.2 Å². The van der Waals surface area contributed by atoms with Crippen molar-refractivity contribution in [3.63, 3.8) is 0 Å². The molecule has 1 fully saturated rings. The first kappa shape index (κ1) is 15.2.